The van der Waals surface area contributed by atoms with Crippen LogP contribution in [-0.4, -0.2) is 29.9 Å². The quantitative estimate of drug-likeness (QED) is 0.830. The van der Waals surface area contributed by atoms with Gasteiger partial charge in [-0.05, 0) is 38.3 Å². The first-order chi connectivity index (χ1) is 10.1. The average Bonchev–Trinajstić information content (AvgIpc) is 3.27. The third-order valence-electron chi connectivity index (χ3n) is 3.64. The molecule has 5 heteroatoms. The van der Waals surface area contributed by atoms with Crippen molar-refractivity contribution in [1.29, 1.82) is 0 Å². The fraction of sp³-hybridized carbons (Fsp3) is 0.562. The molecule has 1 aromatic rings. The van der Waals surface area contributed by atoms with Crippen LogP contribution < -0.4 is 5.32 Å². The van der Waals surface area contributed by atoms with E-state index in [1.165, 1.54) is 0 Å². The van der Waals surface area contributed by atoms with Crippen LogP contribution >= 0.6 is 0 Å². The fourth-order valence-electron chi connectivity index (χ4n) is 2.37. The Kier molecular flexibility index (Phi) is 5.15. The summed E-state index contributed by atoms with van der Waals surface area (Å²) in [5.74, 6) is -1.70. The van der Waals surface area contributed by atoms with Gasteiger partial charge >= 0.3 is 0 Å². The molecular weight excluding hydrogens is 274 g/mol. The van der Waals surface area contributed by atoms with Gasteiger partial charge in [0.2, 0.25) is 0 Å². The van der Waals surface area contributed by atoms with E-state index in [2.05, 4.69) is 12.2 Å². The molecule has 1 aliphatic carbocycles. The predicted molar refractivity (Wildman–Crippen MR) is 79.5 cm³/mol. The zero-order chi connectivity index (χ0) is 15.4. The lowest BCUT2D eigenvalue weighted by Crippen LogP contribution is -2.34. The molecule has 2 rings (SSSR count). The minimum absolute atomic E-state index is 0.0923. The molecule has 1 aromatic carbocycles. The summed E-state index contributed by atoms with van der Waals surface area (Å²) in [5, 5.41) is 2.63. The molecule has 1 saturated carbocycles. The van der Waals surface area contributed by atoms with Crippen LogP contribution in [0.4, 0.5) is 14.5 Å². The van der Waals surface area contributed by atoms with Gasteiger partial charge < -0.3 is 10.2 Å². The van der Waals surface area contributed by atoms with Gasteiger partial charge in [-0.2, -0.15) is 0 Å². The minimum Gasteiger partial charge on any atom is -0.381 e. The Labute approximate surface area is 124 Å². The molecule has 0 saturated heterocycles. The summed E-state index contributed by atoms with van der Waals surface area (Å²) in [5.41, 5.74) is -0.0739. The molecule has 0 heterocycles. The number of halogens is 2. The molecule has 0 unspecified atom stereocenters. The van der Waals surface area contributed by atoms with Crippen molar-refractivity contribution in [1.82, 2.24) is 4.90 Å². The summed E-state index contributed by atoms with van der Waals surface area (Å²) < 4.78 is 27.8. The summed E-state index contributed by atoms with van der Waals surface area (Å²) in [6.45, 7) is 4.89. The van der Waals surface area contributed by atoms with Crippen LogP contribution in [0.3, 0.4) is 0 Å². The molecule has 1 fully saturated rings. The number of unbranched alkanes of at least 4 members (excludes halogenated alkanes) is 1. The van der Waals surface area contributed by atoms with Crippen molar-refractivity contribution in [2.24, 2.45) is 0 Å². The van der Waals surface area contributed by atoms with Crippen molar-refractivity contribution < 1.29 is 13.6 Å². The van der Waals surface area contributed by atoms with E-state index in [1.807, 2.05) is 0 Å². The second-order valence-corrected chi connectivity index (χ2v) is 5.43. The summed E-state index contributed by atoms with van der Waals surface area (Å²) in [6.07, 6.45) is 3.85. The van der Waals surface area contributed by atoms with Crippen molar-refractivity contribution in [2.75, 3.05) is 18.4 Å². The van der Waals surface area contributed by atoms with Crippen LogP contribution in [-0.2, 0) is 0 Å². The monoisotopic (exact) mass is 296 g/mol. The Hall–Kier alpha value is -1.65. The molecule has 0 atom stereocenters. The molecule has 1 N–H and O–H groups in total. The summed E-state index contributed by atoms with van der Waals surface area (Å²) in [7, 11) is 0. The van der Waals surface area contributed by atoms with Gasteiger partial charge in [-0.3, -0.25) is 4.79 Å². The first kappa shape index (κ1) is 15.7. The molecule has 0 aromatic heterocycles. The van der Waals surface area contributed by atoms with Gasteiger partial charge in [0, 0.05) is 24.7 Å². The van der Waals surface area contributed by atoms with Crippen molar-refractivity contribution in [3.63, 3.8) is 0 Å². The van der Waals surface area contributed by atoms with Gasteiger partial charge in [0.1, 0.15) is 17.3 Å². The summed E-state index contributed by atoms with van der Waals surface area (Å²) in [6, 6.07) is 2.50. The van der Waals surface area contributed by atoms with E-state index in [1.54, 1.807) is 11.8 Å². The van der Waals surface area contributed by atoms with Crippen LogP contribution in [0.1, 0.15) is 49.9 Å². The van der Waals surface area contributed by atoms with E-state index in [4.69, 9.17) is 0 Å². The molecule has 3 nitrogen and oxygen atoms in total. The van der Waals surface area contributed by atoms with E-state index in [0.717, 1.165) is 37.8 Å². The highest BCUT2D eigenvalue weighted by atomic mass is 19.1. The average molecular weight is 296 g/mol. The first-order valence-electron chi connectivity index (χ1n) is 7.62. The summed E-state index contributed by atoms with van der Waals surface area (Å²) >= 11 is 0. The topological polar surface area (TPSA) is 32.3 Å². The Morgan fingerprint density at radius 1 is 1.29 bits per heavy atom. The minimum atomic E-state index is -0.716. The highest BCUT2D eigenvalue weighted by Crippen LogP contribution is 2.29. The largest absolute Gasteiger partial charge is 0.381 e. The maximum Gasteiger partial charge on any atom is 0.254 e. The molecule has 21 heavy (non-hydrogen) atoms. The molecule has 0 aliphatic heterocycles. The van der Waals surface area contributed by atoms with Gasteiger partial charge in [-0.15, -0.1) is 0 Å². The van der Waals surface area contributed by atoms with Gasteiger partial charge in [-0.1, -0.05) is 13.3 Å². The number of nitrogens with one attached hydrogen (secondary N) is 1. The maximum atomic E-state index is 13.9. The second-order valence-electron chi connectivity index (χ2n) is 5.43. The van der Waals surface area contributed by atoms with Gasteiger partial charge in [0.05, 0.1) is 0 Å². The molecule has 0 bridgehead atoms. The van der Waals surface area contributed by atoms with Crippen LogP contribution in [0.5, 0.6) is 0 Å². The van der Waals surface area contributed by atoms with E-state index in [-0.39, 0.29) is 23.2 Å². The summed E-state index contributed by atoms with van der Waals surface area (Å²) in [4.78, 5) is 14.2. The number of amides is 1. The normalized spacial score (nSPS) is 14.1. The molecule has 1 aliphatic rings. The van der Waals surface area contributed by atoms with Crippen LogP contribution in [0.15, 0.2) is 12.1 Å². The number of benzene rings is 1. The molecule has 0 spiro atoms. The van der Waals surface area contributed by atoms with Crippen molar-refractivity contribution in [3.05, 3.63) is 29.3 Å². The number of rotatable bonds is 7. The van der Waals surface area contributed by atoms with Gasteiger partial charge in [0.25, 0.3) is 5.91 Å². The molecule has 0 radical (unpaired) electrons. The lowest BCUT2D eigenvalue weighted by atomic mass is 10.1. The third kappa shape index (κ3) is 3.71. The number of hydrogen-bond donors (Lipinski definition) is 1. The zero-order valence-electron chi connectivity index (χ0n) is 12.6. The Balaban J connectivity index is 2.21. The van der Waals surface area contributed by atoms with Crippen molar-refractivity contribution >= 4 is 11.6 Å². The smallest absolute Gasteiger partial charge is 0.254 e. The van der Waals surface area contributed by atoms with Crippen LogP contribution in [0, 0.1) is 11.6 Å². The maximum absolute atomic E-state index is 13.9. The number of nitrogens with zero attached hydrogens (tertiary/aromatic N) is 1. The standard InChI is InChI=1S/C16H22F2N2O/c1-3-5-8-20(12-6-7-12)16(21)11-9-13(17)15(19-4-2)14(18)10-11/h9-10,12,19H,3-8H2,1-2H3. The molecule has 116 valence electrons. The Morgan fingerprint density at radius 3 is 2.38 bits per heavy atom. The van der Waals surface area contributed by atoms with E-state index in [0.29, 0.717) is 13.1 Å². The van der Waals surface area contributed by atoms with E-state index < -0.39 is 11.6 Å². The molecular formula is C16H22F2N2O. The van der Waals surface area contributed by atoms with E-state index in [9.17, 15) is 13.6 Å². The van der Waals surface area contributed by atoms with Gasteiger partial charge in [-0.25, -0.2) is 8.78 Å². The Morgan fingerprint density at radius 2 is 1.90 bits per heavy atom. The van der Waals surface area contributed by atoms with Gasteiger partial charge in [0.15, 0.2) is 0 Å². The highest BCUT2D eigenvalue weighted by molar-refractivity contribution is 5.95. The lowest BCUT2D eigenvalue weighted by Gasteiger charge is -2.22. The van der Waals surface area contributed by atoms with Crippen molar-refractivity contribution in [2.45, 2.75) is 45.6 Å². The Bertz CT molecular complexity index is 492. The predicted octanol–water partition coefficient (Wildman–Crippen LogP) is 3.80. The highest BCUT2D eigenvalue weighted by Gasteiger charge is 2.33. The number of carbonyl (C=O) groups excluding carboxylic acids is 1. The third-order valence-corrected chi connectivity index (χ3v) is 3.64. The molecule has 1 amide bonds. The number of hydrogen-bond acceptors (Lipinski definition) is 2. The number of anilines is 1. The zero-order valence-corrected chi connectivity index (χ0v) is 12.6. The first-order valence-corrected chi connectivity index (χ1v) is 7.62. The fourth-order valence-corrected chi connectivity index (χ4v) is 2.37. The van der Waals surface area contributed by atoms with Crippen LogP contribution in [0.2, 0.25) is 0 Å². The van der Waals surface area contributed by atoms with E-state index >= 15 is 0 Å². The second kappa shape index (κ2) is 6.87. The number of carbonyl (C=O) groups is 1. The SMILES string of the molecule is CCCCN(C(=O)c1cc(F)c(NCC)c(F)c1)C1CC1. The lowest BCUT2D eigenvalue weighted by molar-refractivity contribution is 0.0739. The van der Waals surface area contributed by atoms with Crippen molar-refractivity contribution in [3.8, 4) is 0 Å². The van der Waals surface area contributed by atoms with Crippen LogP contribution in [0.25, 0.3) is 0 Å².